The Morgan fingerprint density at radius 1 is 0.591 bits per heavy atom. The van der Waals surface area contributed by atoms with E-state index in [4.69, 9.17) is 46.0 Å². The van der Waals surface area contributed by atoms with Gasteiger partial charge in [0.15, 0.2) is 12.6 Å². The van der Waals surface area contributed by atoms with Crippen LogP contribution in [0.4, 0.5) is 0 Å². The molecule has 11 heteroatoms. The Morgan fingerprint density at radius 2 is 0.909 bits per heavy atom. The van der Waals surface area contributed by atoms with Gasteiger partial charge in [0.25, 0.3) is 0 Å². The first-order valence-corrected chi connectivity index (χ1v) is 6.06. The van der Waals surface area contributed by atoms with Gasteiger partial charge in [0.05, 0.1) is 13.2 Å². The molecule has 0 aromatic heterocycles. The molecule has 0 spiro atoms. The van der Waals surface area contributed by atoms with E-state index < -0.39 is 55.9 Å². The second-order valence-corrected chi connectivity index (χ2v) is 4.22. The minimum atomic E-state index is -1.79. The summed E-state index contributed by atoms with van der Waals surface area (Å²) in [6.07, 6.45) is -11.5. The van der Waals surface area contributed by atoms with Crippen LogP contribution in [0.3, 0.4) is 0 Å². The quantitative estimate of drug-likeness (QED) is 0.181. The van der Waals surface area contributed by atoms with Gasteiger partial charge in [-0.05, 0) is 0 Å². The number of hydrogen-bond donors (Lipinski definition) is 9. The Hall–Kier alpha value is -1.02. The number of carbonyl (C=O) groups excluding carboxylic acids is 2. The Kier molecular flexibility index (Phi) is 13.2. The first-order valence-electron chi connectivity index (χ1n) is 6.06. The normalized spacial score (nSPS) is 20.4. The highest BCUT2D eigenvalue weighted by molar-refractivity contribution is 5.57. The van der Waals surface area contributed by atoms with Crippen molar-refractivity contribution in [2.75, 3.05) is 13.2 Å². The Morgan fingerprint density at radius 3 is 1.23 bits per heavy atom. The molecule has 0 unspecified atom stereocenters. The lowest BCUT2D eigenvalue weighted by Gasteiger charge is -2.22. The van der Waals surface area contributed by atoms with Crippen molar-refractivity contribution < 1.29 is 55.5 Å². The summed E-state index contributed by atoms with van der Waals surface area (Å²) in [6, 6.07) is 0. The smallest absolute Gasteiger partial charge is 0.151 e. The molecule has 0 aromatic rings. The van der Waals surface area contributed by atoms with E-state index in [1.165, 1.54) is 0 Å². The van der Waals surface area contributed by atoms with Gasteiger partial charge < -0.3 is 55.5 Å². The minimum Gasteiger partial charge on any atom is -0.394 e. The van der Waals surface area contributed by atoms with E-state index in [9.17, 15) is 9.59 Å². The largest absolute Gasteiger partial charge is 0.394 e. The summed E-state index contributed by atoms with van der Waals surface area (Å²) < 4.78 is 0. The molecule has 7 atom stereocenters. The van der Waals surface area contributed by atoms with Crippen LogP contribution in [0, 0.1) is 0 Å². The van der Waals surface area contributed by atoms with Gasteiger partial charge in [-0.1, -0.05) is 0 Å². The molecule has 0 heterocycles. The summed E-state index contributed by atoms with van der Waals surface area (Å²) in [5, 5.41) is 77.6. The van der Waals surface area contributed by atoms with Gasteiger partial charge in [-0.2, -0.15) is 0 Å². The molecule has 0 aliphatic carbocycles. The van der Waals surface area contributed by atoms with Crippen LogP contribution in [0.5, 0.6) is 0 Å². The van der Waals surface area contributed by atoms with Crippen molar-refractivity contribution in [3.8, 4) is 0 Å². The van der Waals surface area contributed by atoms with Crippen molar-refractivity contribution in [2.24, 2.45) is 0 Å². The van der Waals surface area contributed by atoms with Gasteiger partial charge in [-0.25, -0.2) is 0 Å². The number of aliphatic hydroxyl groups is 9. The highest BCUT2D eigenvalue weighted by Crippen LogP contribution is 2.03. The fourth-order valence-electron chi connectivity index (χ4n) is 1.03. The minimum absolute atomic E-state index is 0.0258. The van der Waals surface area contributed by atoms with E-state index in [1.54, 1.807) is 0 Å². The van der Waals surface area contributed by atoms with Crippen LogP contribution in [0.1, 0.15) is 0 Å². The van der Waals surface area contributed by atoms with Crippen LogP contribution in [-0.4, -0.2) is 114 Å². The zero-order valence-corrected chi connectivity index (χ0v) is 11.5. The lowest BCUT2D eigenvalue weighted by molar-refractivity contribution is -0.136. The average Bonchev–Trinajstić information content (AvgIpc) is 2.56. The van der Waals surface area contributed by atoms with E-state index in [1.807, 2.05) is 0 Å². The van der Waals surface area contributed by atoms with Gasteiger partial charge in [-0.15, -0.1) is 0 Å². The number of aldehydes is 2. The van der Waals surface area contributed by atoms with Crippen LogP contribution >= 0.6 is 0 Å². The molecule has 0 aliphatic heterocycles. The third-order valence-corrected chi connectivity index (χ3v) is 2.49. The number of hydrogen-bond acceptors (Lipinski definition) is 11. The van der Waals surface area contributed by atoms with Crippen molar-refractivity contribution in [3.63, 3.8) is 0 Å². The molecule has 0 bridgehead atoms. The number of carbonyl (C=O) groups is 2. The molecule has 0 rings (SSSR count). The molecule has 0 saturated heterocycles. The van der Waals surface area contributed by atoms with Crippen molar-refractivity contribution in [1.29, 1.82) is 0 Å². The highest BCUT2D eigenvalue weighted by atomic mass is 16.4. The molecule has 0 aromatic carbocycles. The second kappa shape index (κ2) is 12.5. The summed E-state index contributed by atoms with van der Waals surface area (Å²) in [6.45, 7) is -1.45. The first kappa shape index (κ1) is 23.2. The lowest BCUT2D eigenvalue weighted by Crippen LogP contribution is -2.46. The average molecular weight is 330 g/mol. The van der Waals surface area contributed by atoms with Crippen LogP contribution in [0.25, 0.3) is 0 Å². The monoisotopic (exact) mass is 330 g/mol. The summed E-state index contributed by atoms with van der Waals surface area (Å²) in [7, 11) is 0. The Balaban J connectivity index is 0. The van der Waals surface area contributed by atoms with Gasteiger partial charge in [0.2, 0.25) is 0 Å². The topological polar surface area (TPSA) is 216 Å². The van der Waals surface area contributed by atoms with Crippen LogP contribution in [0.2, 0.25) is 0 Å². The molecule has 9 N–H and O–H groups in total. The highest BCUT2D eigenvalue weighted by Gasteiger charge is 2.29. The molecule has 0 fully saturated rings. The zero-order valence-electron chi connectivity index (χ0n) is 11.5. The SMILES string of the molecule is O=C[C@@H](O)[C@H](O)[C@H](O)CO.O=C[C@H](O)[C@@H](O)[C@@H](O)[C@H](O)CO. The molecular weight excluding hydrogens is 308 g/mol. The maximum Gasteiger partial charge on any atom is 0.151 e. The summed E-state index contributed by atoms with van der Waals surface area (Å²) in [5.74, 6) is 0. The van der Waals surface area contributed by atoms with Gasteiger partial charge in [-0.3, -0.25) is 0 Å². The van der Waals surface area contributed by atoms with Gasteiger partial charge in [0, 0.05) is 0 Å². The Labute approximate surface area is 125 Å². The van der Waals surface area contributed by atoms with Crippen molar-refractivity contribution >= 4 is 12.6 Å². The third kappa shape index (κ3) is 8.43. The zero-order chi connectivity index (χ0) is 17.9. The van der Waals surface area contributed by atoms with E-state index in [0.717, 1.165) is 0 Å². The predicted molar refractivity (Wildman–Crippen MR) is 68.3 cm³/mol. The summed E-state index contributed by atoms with van der Waals surface area (Å²) >= 11 is 0. The van der Waals surface area contributed by atoms with E-state index >= 15 is 0 Å². The maximum atomic E-state index is 9.90. The molecule has 11 nitrogen and oxygen atoms in total. The molecule has 22 heavy (non-hydrogen) atoms. The number of aliphatic hydroxyl groups excluding tert-OH is 9. The first-order chi connectivity index (χ1) is 10.2. The van der Waals surface area contributed by atoms with Crippen LogP contribution in [-0.2, 0) is 9.59 Å². The van der Waals surface area contributed by atoms with Crippen LogP contribution < -0.4 is 0 Å². The second-order valence-electron chi connectivity index (χ2n) is 4.22. The van der Waals surface area contributed by atoms with Gasteiger partial charge >= 0.3 is 0 Å². The van der Waals surface area contributed by atoms with Crippen molar-refractivity contribution in [2.45, 2.75) is 42.7 Å². The van der Waals surface area contributed by atoms with Crippen LogP contribution in [0.15, 0.2) is 0 Å². The van der Waals surface area contributed by atoms with Gasteiger partial charge in [0.1, 0.15) is 42.7 Å². The Bertz CT molecular complexity index is 300. The van der Waals surface area contributed by atoms with Crippen molar-refractivity contribution in [1.82, 2.24) is 0 Å². The fraction of sp³-hybridized carbons (Fsp3) is 0.818. The maximum absolute atomic E-state index is 9.90. The van der Waals surface area contributed by atoms with E-state index in [2.05, 4.69) is 0 Å². The predicted octanol–water partition coefficient (Wildman–Crippen LogP) is -6.12. The number of rotatable bonds is 9. The summed E-state index contributed by atoms with van der Waals surface area (Å²) in [5.41, 5.74) is 0. The molecule has 0 amide bonds. The van der Waals surface area contributed by atoms with Crippen molar-refractivity contribution in [3.05, 3.63) is 0 Å². The van der Waals surface area contributed by atoms with E-state index in [0.29, 0.717) is 0 Å². The molecule has 0 aliphatic rings. The lowest BCUT2D eigenvalue weighted by atomic mass is 10.0. The fourth-order valence-corrected chi connectivity index (χ4v) is 1.03. The summed E-state index contributed by atoms with van der Waals surface area (Å²) in [4.78, 5) is 19.7. The molecular formula is C11H22O11. The molecule has 0 radical (unpaired) electrons. The van der Waals surface area contributed by atoms with E-state index in [-0.39, 0.29) is 12.6 Å². The molecule has 132 valence electrons. The standard InChI is InChI=1S/C6H12O6.C5H10O5/c7-1-3(9)5(11)6(12)4(10)2-8;6-1-3(8)5(10)4(9)2-7/h1,3-6,8-12H,2H2;1,3-5,7-10H,2H2/t3-,4+,5+,6-;3-,4-,5+/m01/s1. The molecule has 0 saturated carbocycles. The third-order valence-electron chi connectivity index (χ3n) is 2.49.